The highest BCUT2D eigenvalue weighted by Crippen LogP contribution is 2.17. The van der Waals surface area contributed by atoms with Gasteiger partial charge in [-0.1, -0.05) is 12.2 Å². The molecule has 1 aromatic heterocycles. The highest BCUT2D eigenvalue weighted by atomic mass is 32.1. The van der Waals surface area contributed by atoms with Gasteiger partial charge in [-0.3, -0.25) is 4.79 Å². The number of hydrogen-bond acceptors (Lipinski definition) is 3. The zero-order valence-corrected chi connectivity index (χ0v) is 11.2. The molecule has 1 rings (SSSR count). The van der Waals surface area contributed by atoms with Gasteiger partial charge in [0.25, 0.3) is 5.91 Å². The first-order valence-electron chi connectivity index (χ1n) is 5.18. The van der Waals surface area contributed by atoms with Crippen molar-refractivity contribution < 1.29 is 4.79 Å². The summed E-state index contributed by atoms with van der Waals surface area (Å²) in [7, 11) is 0. The molecule has 0 saturated carbocycles. The maximum atomic E-state index is 12.1. The Morgan fingerprint density at radius 2 is 2.25 bits per heavy atom. The fourth-order valence-corrected chi connectivity index (χ4v) is 2.28. The van der Waals surface area contributed by atoms with Crippen LogP contribution in [0.15, 0.2) is 12.1 Å². The molecule has 1 aromatic rings. The predicted molar refractivity (Wildman–Crippen MR) is 72.0 cm³/mol. The molecule has 3 nitrogen and oxygen atoms in total. The third-order valence-electron chi connectivity index (χ3n) is 2.25. The quantitative estimate of drug-likeness (QED) is 0.822. The largest absolute Gasteiger partial charge is 0.393 e. The number of carbonyl (C=O) groups excluding carboxylic acids is 1. The molecule has 88 valence electrons. The Labute approximate surface area is 105 Å². The molecule has 1 amide bonds. The Bertz CT molecular complexity index is 387. The van der Waals surface area contributed by atoms with Gasteiger partial charge in [0, 0.05) is 24.4 Å². The zero-order valence-electron chi connectivity index (χ0n) is 9.53. The normalized spacial score (nSPS) is 10.1. The van der Waals surface area contributed by atoms with Gasteiger partial charge < -0.3 is 10.6 Å². The van der Waals surface area contributed by atoms with Crippen molar-refractivity contribution in [2.24, 2.45) is 5.73 Å². The number of carbonyl (C=O) groups is 1. The lowest BCUT2D eigenvalue weighted by Gasteiger charge is -2.19. The van der Waals surface area contributed by atoms with Crippen molar-refractivity contribution in [1.29, 1.82) is 0 Å². The molecular formula is C11H16N2OS2. The number of nitrogens with zero attached hydrogens (tertiary/aromatic N) is 1. The van der Waals surface area contributed by atoms with E-state index in [1.165, 1.54) is 11.3 Å². The summed E-state index contributed by atoms with van der Waals surface area (Å²) in [6, 6.07) is 3.82. The van der Waals surface area contributed by atoms with Gasteiger partial charge in [0.15, 0.2) is 0 Å². The van der Waals surface area contributed by atoms with E-state index in [2.05, 4.69) is 0 Å². The molecule has 0 spiro atoms. The summed E-state index contributed by atoms with van der Waals surface area (Å²) in [6.07, 6.45) is 0.583. The van der Waals surface area contributed by atoms with Crippen LogP contribution in [0.25, 0.3) is 0 Å². The minimum Gasteiger partial charge on any atom is -0.393 e. The summed E-state index contributed by atoms with van der Waals surface area (Å²) >= 11 is 6.33. The van der Waals surface area contributed by atoms with Gasteiger partial charge in [-0.05, 0) is 26.0 Å². The van der Waals surface area contributed by atoms with Crippen LogP contribution in [0.5, 0.6) is 0 Å². The Morgan fingerprint density at radius 1 is 1.56 bits per heavy atom. The summed E-state index contributed by atoms with van der Waals surface area (Å²) < 4.78 is 0. The van der Waals surface area contributed by atoms with E-state index in [4.69, 9.17) is 18.0 Å². The zero-order chi connectivity index (χ0) is 12.1. The van der Waals surface area contributed by atoms with Crippen LogP contribution in [0, 0.1) is 6.92 Å². The summed E-state index contributed by atoms with van der Waals surface area (Å²) in [6.45, 7) is 5.23. The van der Waals surface area contributed by atoms with Gasteiger partial charge in [-0.25, -0.2) is 0 Å². The van der Waals surface area contributed by atoms with E-state index in [-0.39, 0.29) is 5.91 Å². The molecule has 16 heavy (non-hydrogen) atoms. The van der Waals surface area contributed by atoms with Crippen LogP contribution in [0.3, 0.4) is 0 Å². The second-order valence-electron chi connectivity index (χ2n) is 3.51. The van der Waals surface area contributed by atoms with Crippen LogP contribution in [0.1, 0.15) is 27.9 Å². The third-order valence-corrected chi connectivity index (χ3v) is 3.44. The van der Waals surface area contributed by atoms with E-state index in [0.717, 1.165) is 9.75 Å². The van der Waals surface area contributed by atoms with Crippen molar-refractivity contribution in [3.05, 3.63) is 21.9 Å². The summed E-state index contributed by atoms with van der Waals surface area (Å²) in [4.78, 5) is 16.2. The van der Waals surface area contributed by atoms with E-state index in [0.29, 0.717) is 24.5 Å². The monoisotopic (exact) mass is 256 g/mol. The number of thiophene rings is 1. The van der Waals surface area contributed by atoms with Crippen LogP contribution in [0.2, 0.25) is 0 Å². The van der Waals surface area contributed by atoms with E-state index < -0.39 is 0 Å². The van der Waals surface area contributed by atoms with Crippen molar-refractivity contribution in [3.63, 3.8) is 0 Å². The van der Waals surface area contributed by atoms with Gasteiger partial charge in [0.2, 0.25) is 0 Å². The average Bonchev–Trinajstić information content (AvgIpc) is 2.65. The second kappa shape index (κ2) is 5.96. The van der Waals surface area contributed by atoms with Crippen LogP contribution in [0.4, 0.5) is 0 Å². The summed E-state index contributed by atoms with van der Waals surface area (Å²) in [5.41, 5.74) is 5.43. The SMILES string of the molecule is CCN(CCC(N)=S)C(=O)c1ccc(C)s1. The third kappa shape index (κ3) is 3.57. The molecule has 0 aliphatic carbocycles. The highest BCUT2D eigenvalue weighted by molar-refractivity contribution is 7.80. The van der Waals surface area contributed by atoms with E-state index in [9.17, 15) is 4.79 Å². The molecule has 0 bridgehead atoms. The highest BCUT2D eigenvalue weighted by Gasteiger charge is 2.15. The second-order valence-corrected chi connectivity index (χ2v) is 5.32. The summed E-state index contributed by atoms with van der Waals surface area (Å²) in [5.74, 6) is 0.0665. The van der Waals surface area contributed by atoms with Gasteiger partial charge in [0.1, 0.15) is 0 Å². The number of hydrogen-bond donors (Lipinski definition) is 1. The van der Waals surface area contributed by atoms with Crippen molar-refractivity contribution in [2.75, 3.05) is 13.1 Å². The molecule has 1 heterocycles. The first-order valence-corrected chi connectivity index (χ1v) is 6.41. The molecule has 0 radical (unpaired) electrons. The molecule has 2 N–H and O–H groups in total. The molecular weight excluding hydrogens is 240 g/mol. The van der Waals surface area contributed by atoms with Gasteiger partial charge in [-0.15, -0.1) is 11.3 Å². The maximum absolute atomic E-state index is 12.1. The van der Waals surface area contributed by atoms with Crippen molar-refractivity contribution in [3.8, 4) is 0 Å². The lowest BCUT2D eigenvalue weighted by atomic mass is 10.3. The van der Waals surface area contributed by atoms with Crippen molar-refractivity contribution >= 4 is 34.5 Å². The molecule has 0 aliphatic rings. The lowest BCUT2D eigenvalue weighted by molar-refractivity contribution is 0.0774. The fraction of sp³-hybridized carbons (Fsp3) is 0.455. The van der Waals surface area contributed by atoms with Gasteiger partial charge >= 0.3 is 0 Å². The molecule has 0 unspecified atom stereocenters. The van der Waals surface area contributed by atoms with Crippen LogP contribution in [-0.4, -0.2) is 28.9 Å². The Kier molecular flexibility index (Phi) is 4.89. The van der Waals surface area contributed by atoms with E-state index in [1.807, 2.05) is 26.0 Å². The number of rotatable bonds is 5. The first kappa shape index (κ1) is 13.1. The number of nitrogens with two attached hydrogens (primary N) is 1. The van der Waals surface area contributed by atoms with E-state index in [1.54, 1.807) is 4.90 Å². The molecule has 0 aromatic carbocycles. The Hall–Kier alpha value is -0.940. The minimum atomic E-state index is 0.0665. The topological polar surface area (TPSA) is 46.3 Å². The Morgan fingerprint density at radius 3 is 2.69 bits per heavy atom. The van der Waals surface area contributed by atoms with Crippen LogP contribution in [-0.2, 0) is 0 Å². The fourth-order valence-electron chi connectivity index (χ4n) is 1.35. The van der Waals surface area contributed by atoms with E-state index >= 15 is 0 Å². The molecule has 0 saturated heterocycles. The minimum absolute atomic E-state index is 0.0665. The van der Waals surface area contributed by atoms with Crippen molar-refractivity contribution in [2.45, 2.75) is 20.3 Å². The number of amides is 1. The van der Waals surface area contributed by atoms with Crippen LogP contribution < -0.4 is 5.73 Å². The smallest absolute Gasteiger partial charge is 0.263 e. The Balaban J connectivity index is 2.66. The predicted octanol–water partition coefficient (Wildman–Crippen LogP) is 2.19. The number of thiocarbonyl (C=S) groups is 1. The molecule has 0 atom stereocenters. The molecule has 0 fully saturated rings. The van der Waals surface area contributed by atoms with Crippen LogP contribution >= 0.6 is 23.6 Å². The van der Waals surface area contributed by atoms with Gasteiger partial charge in [0.05, 0.1) is 9.87 Å². The lowest BCUT2D eigenvalue weighted by Crippen LogP contribution is -2.33. The molecule has 5 heteroatoms. The number of aryl methyl sites for hydroxylation is 1. The van der Waals surface area contributed by atoms with Crippen molar-refractivity contribution in [1.82, 2.24) is 4.90 Å². The maximum Gasteiger partial charge on any atom is 0.263 e. The standard InChI is InChI=1S/C11H16N2OS2/c1-3-13(7-6-10(12)15)11(14)9-5-4-8(2)16-9/h4-5H,3,6-7H2,1-2H3,(H2,12,15). The van der Waals surface area contributed by atoms with Gasteiger partial charge in [-0.2, -0.15) is 0 Å². The first-order chi connectivity index (χ1) is 7.54. The summed E-state index contributed by atoms with van der Waals surface area (Å²) in [5, 5.41) is 0. The average molecular weight is 256 g/mol. The molecule has 0 aliphatic heterocycles.